The Morgan fingerprint density at radius 1 is 1.05 bits per heavy atom. The van der Waals surface area contributed by atoms with Crippen molar-refractivity contribution in [2.24, 2.45) is 0 Å². The van der Waals surface area contributed by atoms with E-state index in [2.05, 4.69) is 10.1 Å². The molecule has 3 aliphatic rings. The van der Waals surface area contributed by atoms with Crippen molar-refractivity contribution < 1.29 is 23.2 Å². The molecule has 214 valence electrons. The number of hydrogen-bond acceptors (Lipinski definition) is 8. The summed E-state index contributed by atoms with van der Waals surface area (Å²) in [5.74, 6) is 0.467. The number of likely N-dealkylation sites (tertiary alicyclic amines) is 1. The van der Waals surface area contributed by atoms with Crippen LogP contribution in [0.4, 0.5) is 9.18 Å². The van der Waals surface area contributed by atoms with Crippen molar-refractivity contribution in [1.82, 2.24) is 19.6 Å². The first-order chi connectivity index (χ1) is 19.5. The molecule has 0 amide bonds. The van der Waals surface area contributed by atoms with Crippen LogP contribution in [0.25, 0.3) is 11.0 Å². The third kappa shape index (κ3) is 5.64. The molecule has 10 heteroatoms. The van der Waals surface area contributed by atoms with E-state index in [1.54, 1.807) is 10.6 Å². The molecule has 0 spiro atoms. The van der Waals surface area contributed by atoms with E-state index in [0.29, 0.717) is 36.5 Å². The molecule has 1 unspecified atom stereocenters. The van der Waals surface area contributed by atoms with Crippen LogP contribution in [0.2, 0.25) is 0 Å². The first kappa shape index (κ1) is 26.9. The average molecular weight is 553 g/mol. The van der Waals surface area contributed by atoms with E-state index in [-0.39, 0.29) is 23.4 Å². The van der Waals surface area contributed by atoms with Gasteiger partial charge in [0.05, 0.1) is 5.69 Å². The third-order valence-electron chi connectivity index (χ3n) is 8.80. The highest BCUT2D eigenvalue weighted by Crippen LogP contribution is 2.33. The van der Waals surface area contributed by atoms with Gasteiger partial charge in [-0.05, 0) is 89.9 Å². The lowest BCUT2D eigenvalue weighted by molar-refractivity contribution is -0.0203. The standard InChI is InChI=1S/C30H37FN4O5/c1-19-23(13-17-34-15-11-20(12-16-34)27-24-10-9-21(31)18-26(24)40-33-27)29(36)35-14-5-8-25(28(35)32-19)39-30(37)38-22-6-3-2-4-7-22/h9-10,18,20,22,25H,2-8,11-17H2,1H3. The van der Waals surface area contributed by atoms with Crippen LogP contribution in [0.5, 0.6) is 0 Å². The number of rotatable bonds is 6. The smallest absolute Gasteiger partial charge is 0.431 e. The zero-order valence-corrected chi connectivity index (χ0v) is 23.1. The highest BCUT2D eigenvalue weighted by Gasteiger charge is 2.30. The van der Waals surface area contributed by atoms with E-state index in [9.17, 15) is 14.0 Å². The summed E-state index contributed by atoms with van der Waals surface area (Å²) in [6.07, 6.45) is 7.64. The Hall–Kier alpha value is -3.27. The molecular weight excluding hydrogens is 515 g/mol. The van der Waals surface area contributed by atoms with Gasteiger partial charge in [-0.25, -0.2) is 14.2 Å². The minimum Gasteiger partial charge on any atom is -0.431 e. The Balaban J connectivity index is 1.07. The van der Waals surface area contributed by atoms with Crippen molar-refractivity contribution in [3.05, 3.63) is 57.1 Å². The molecule has 6 rings (SSSR count). The number of benzene rings is 1. The maximum Gasteiger partial charge on any atom is 0.509 e. The maximum absolute atomic E-state index is 13.5. The fourth-order valence-electron chi connectivity index (χ4n) is 6.53. The molecular formula is C30H37FN4O5. The Labute approximate surface area is 232 Å². The van der Waals surface area contributed by atoms with Gasteiger partial charge in [0.1, 0.15) is 11.9 Å². The van der Waals surface area contributed by atoms with Gasteiger partial charge in [0, 0.05) is 41.7 Å². The van der Waals surface area contributed by atoms with Crippen molar-refractivity contribution in [3.63, 3.8) is 0 Å². The number of hydrogen-bond donors (Lipinski definition) is 0. The molecule has 2 aliphatic heterocycles. The number of ether oxygens (including phenoxy) is 2. The molecule has 0 radical (unpaired) electrons. The summed E-state index contributed by atoms with van der Waals surface area (Å²) >= 11 is 0. The van der Waals surface area contributed by atoms with Crippen LogP contribution in [0.3, 0.4) is 0 Å². The van der Waals surface area contributed by atoms with Crippen LogP contribution in [0, 0.1) is 12.7 Å². The molecule has 1 aliphatic carbocycles. The highest BCUT2D eigenvalue weighted by atomic mass is 19.1. The van der Waals surface area contributed by atoms with Crippen molar-refractivity contribution in [2.45, 2.75) is 95.8 Å². The average Bonchev–Trinajstić information content (AvgIpc) is 3.37. The molecule has 40 heavy (non-hydrogen) atoms. The third-order valence-corrected chi connectivity index (χ3v) is 8.80. The Morgan fingerprint density at radius 2 is 1.85 bits per heavy atom. The van der Waals surface area contributed by atoms with E-state index in [0.717, 1.165) is 81.2 Å². The van der Waals surface area contributed by atoms with Gasteiger partial charge >= 0.3 is 6.16 Å². The molecule has 1 saturated heterocycles. The number of carbonyl (C=O) groups excluding carboxylic acids is 1. The van der Waals surface area contributed by atoms with Crippen molar-refractivity contribution in [1.29, 1.82) is 0 Å². The molecule has 1 aromatic carbocycles. The van der Waals surface area contributed by atoms with Gasteiger partial charge in [-0.15, -0.1) is 0 Å². The number of fused-ring (bicyclic) bond motifs is 2. The maximum atomic E-state index is 13.5. The van der Waals surface area contributed by atoms with E-state index < -0.39 is 12.3 Å². The Morgan fingerprint density at radius 3 is 2.65 bits per heavy atom. The number of halogens is 1. The van der Waals surface area contributed by atoms with Gasteiger partial charge < -0.3 is 18.9 Å². The molecule has 3 aromatic rings. The molecule has 1 atom stereocenters. The van der Waals surface area contributed by atoms with E-state index in [4.69, 9.17) is 19.0 Å². The summed E-state index contributed by atoms with van der Waals surface area (Å²) in [7, 11) is 0. The number of carbonyl (C=O) groups is 1. The lowest BCUT2D eigenvalue weighted by atomic mass is 9.91. The van der Waals surface area contributed by atoms with Gasteiger partial charge in [-0.2, -0.15) is 0 Å². The lowest BCUT2D eigenvalue weighted by Gasteiger charge is -2.31. The second-order valence-electron chi connectivity index (χ2n) is 11.4. The molecule has 0 bridgehead atoms. The van der Waals surface area contributed by atoms with Crippen molar-refractivity contribution in [3.8, 4) is 0 Å². The summed E-state index contributed by atoms with van der Waals surface area (Å²) in [6, 6.07) is 4.58. The fourth-order valence-corrected chi connectivity index (χ4v) is 6.53. The largest absolute Gasteiger partial charge is 0.509 e. The molecule has 2 aromatic heterocycles. The molecule has 0 N–H and O–H groups in total. The van der Waals surface area contributed by atoms with Gasteiger partial charge in [0.15, 0.2) is 17.5 Å². The zero-order chi connectivity index (χ0) is 27.6. The first-order valence-electron chi connectivity index (χ1n) is 14.7. The van der Waals surface area contributed by atoms with Crippen LogP contribution in [0.1, 0.15) is 92.6 Å². The quantitative estimate of drug-likeness (QED) is 0.366. The fraction of sp³-hybridized carbons (Fsp3) is 0.600. The topological polar surface area (TPSA) is 99.7 Å². The summed E-state index contributed by atoms with van der Waals surface area (Å²) in [5.41, 5.74) is 2.78. The second-order valence-corrected chi connectivity index (χ2v) is 11.4. The highest BCUT2D eigenvalue weighted by molar-refractivity contribution is 5.79. The Bertz CT molecular complexity index is 1420. The van der Waals surface area contributed by atoms with Gasteiger partial charge in [-0.3, -0.25) is 9.36 Å². The Kier molecular flexibility index (Phi) is 7.87. The van der Waals surface area contributed by atoms with E-state index >= 15 is 0 Å². The van der Waals surface area contributed by atoms with Crippen LogP contribution in [-0.2, 0) is 22.4 Å². The molecule has 9 nitrogen and oxygen atoms in total. The van der Waals surface area contributed by atoms with Crippen LogP contribution in [0.15, 0.2) is 27.5 Å². The van der Waals surface area contributed by atoms with Gasteiger partial charge in [0.2, 0.25) is 0 Å². The number of nitrogens with zero attached hydrogens (tertiary/aromatic N) is 4. The summed E-state index contributed by atoms with van der Waals surface area (Å²) < 4.78 is 31.8. The summed E-state index contributed by atoms with van der Waals surface area (Å²) in [6.45, 7) is 4.99. The molecule has 2 fully saturated rings. The van der Waals surface area contributed by atoms with Crippen LogP contribution in [-0.4, -0.2) is 51.5 Å². The van der Waals surface area contributed by atoms with Crippen LogP contribution >= 0.6 is 0 Å². The molecule has 4 heterocycles. The predicted molar refractivity (Wildman–Crippen MR) is 146 cm³/mol. The SMILES string of the molecule is Cc1nc2n(c(=O)c1CCN1CCC(c3noc4cc(F)ccc34)CC1)CCCC2OC(=O)OC1CCCCC1. The van der Waals surface area contributed by atoms with Gasteiger partial charge in [-0.1, -0.05) is 11.6 Å². The summed E-state index contributed by atoms with van der Waals surface area (Å²) in [5, 5.41) is 5.13. The van der Waals surface area contributed by atoms with E-state index in [1.165, 1.54) is 18.6 Å². The number of piperidine rings is 1. The normalized spacial score (nSPS) is 20.9. The van der Waals surface area contributed by atoms with Crippen molar-refractivity contribution >= 4 is 17.1 Å². The summed E-state index contributed by atoms with van der Waals surface area (Å²) in [4.78, 5) is 33.1. The van der Waals surface area contributed by atoms with Crippen LogP contribution < -0.4 is 5.56 Å². The number of aryl methyl sites for hydroxylation is 1. The minimum absolute atomic E-state index is 0.0346. The molecule has 1 saturated carbocycles. The zero-order valence-electron chi connectivity index (χ0n) is 23.1. The lowest BCUT2D eigenvalue weighted by Crippen LogP contribution is -2.38. The van der Waals surface area contributed by atoms with E-state index in [1.807, 2.05) is 6.92 Å². The monoisotopic (exact) mass is 552 g/mol. The van der Waals surface area contributed by atoms with Crippen molar-refractivity contribution in [2.75, 3.05) is 19.6 Å². The van der Waals surface area contributed by atoms with Gasteiger partial charge in [0.25, 0.3) is 5.56 Å². The number of aromatic nitrogens is 3. The first-order valence-corrected chi connectivity index (χ1v) is 14.7. The second kappa shape index (κ2) is 11.7. The minimum atomic E-state index is -0.657. The predicted octanol–water partition coefficient (Wildman–Crippen LogP) is 5.57.